The number of fused-ring (bicyclic) bond motifs is 1. The molecule has 152 valence electrons. The second kappa shape index (κ2) is 8.12. The van der Waals surface area contributed by atoms with Crippen LogP contribution in [0, 0.1) is 0 Å². The first-order valence-corrected chi connectivity index (χ1v) is 11.7. The number of hydrogen-bond donors (Lipinski definition) is 0. The van der Waals surface area contributed by atoms with E-state index < -0.39 is 0 Å². The van der Waals surface area contributed by atoms with Crippen molar-refractivity contribution in [2.24, 2.45) is 5.10 Å². The number of rotatable bonds is 6. The van der Waals surface area contributed by atoms with E-state index in [4.69, 9.17) is 9.40 Å². The highest BCUT2D eigenvalue weighted by Crippen LogP contribution is 2.36. The Morgan fingerprint density at radius 2 is 2.13 bits per heavy atom. The fraction of sp³-hybridized carbons (Fsp3) is 0.227. The number of aryl methyl sites for hydroxylation is 1. The third kappa shape index (κ3) is 3.46. The molecule has 0 saturated carbocycles. The average Bonchev–Trinajstić information content (AvgIpc) is 3.55. The fourth-order valence-corrected chi connectivity index (χ4v) is 5.44. The molecule has 5 rings (SSSR count). The molecule has 0 aliphatic carbocycles. The number of amides is 1. The molecule has 0 radical (unpaired) electrons. The van der Waals surface area contributed by atoms with E-state index in [1.807, 2.05) is 41.8 Å². The number of thioether (sulfide) groups is 1. The molecule has 0 bridgehead atoms. The van der Waals surface area contributed by atoms with Crippen molar-refractivity contribution in [1.82, 2.24) is 14.6 Å². The van der Waals surface area contributed by atoms with E-state index >= 15 is 0 Å². The average molecular weight is 437 g/mol. The highest BCUT2D eigenvalue weighted by atomic mass is 32.2. The largest absolute Gasteiger partial charge is 0.463 e. The molecule has 0 saturated heterocycles. The summed E-state index contributed by atoms with van der Waals surface area (Å²) in [4.78, 5) is 19.0. The van der Waals surface area contributed by atoms with Gasteiger partial charge in [0.2, 0.25) is 0 Å². The Labute approximate surface area is 182 Å². The maximum Gasteiger partial charge on any atom is 0.253 e. The summed E-state index contributed by atoms with van der Waals surface area (Å²) in [5, 5.41) is 9.14. The Kier molecular flexibility index (Phi) is 5.18. The van der Waals surface area contributed by atoms with Gasteiger partial charge in [-0.05, 0) is 42.6 Å². The molecule has 1 aliphatic rings. The Balaban J connectivity index is 1.39. The summed E-state index contributed by atoms with van der Waals surface area (Å²) < 4.78 is 7.66. The van der Waals surface area contributed by atoms with Crippen LogP contribution in [0.5, 0.6) is 0 Å². The van der Waals surface area contributed by atoms with E-state index in [0.717, 1.165) is 33.3 Å². The van der Waals surface area contributed by atoms with Gasteiger partial charge in [0.15, 0.2) is 5.16 Å². The van der Waals surface area contributed by atoms with Crippen LogP contribution in [0.2, 0.25) is 0 Å². The van der Waals surface area contributed by atoms with Crippen LogP contribution in [-0.4, -0.2) is 31.9 Å². The van der Waals surface area contributed by atoms with Crippen LogP contribution in [0.3, 0.4) is 0 Å². The summed E-state index contributed by atoms with van der Waals surface area (Å²) in [5.41, 5.74) is 2.84. The van der Waals surface area contributed by atoms with Gasteiger partial charge in [-0.15, -0.1) is 11.3 Å². The van der Waals surface area contributed by atoms with Gasteiger partial charge in [-0.2, -0.15) is 5.10 Å². The minimum atomic E-state index is -0.0943. The zero-order valence-corrected chi connectivity index (χ0v) is 18.0. The Morgan fingerprint density at radius 1 is 1.23 bits per heavy atom. The summed E-state index contributed by atoms with van der Waals surface area (Å²) in [7, 11) is 0. The van der Waals surface area contributed by atoms with Gasteiger partial charge >= 0.3 is 0 Å². The van der Waals surface area contributed by atoms with E-state index in [2.05, 4.69) is 28.7 Å². The summed E-state index contributed by atoms with van der Waals surface area (Å²) in [6.45, 7) is 2.90. The Bertz CT molecular complexity index is 1200. The first kappa shape index (κ1) is 19.1. The molecule has 1 unspecified atom stereocenters. The maximum atomic E-state index is 13.2. The van der Waals surface area contributed by atoms with Crippen molar-refractivity contribution in [1.29, 1.82) is 0 Å². The van der Waals surface area contributed by atoms with Gasteiger partial charge in [0, 0.05) is 17.8 Å². The number of para-hydroxylation sites is 2. The van der Waals surface area contributed by atoms with E-state index in [9.17, 15) is 4.79 Å². The normalized spacial score (nSPS) is 16.4. The second-order valence-corrected chi connectivity index (χ2v) is 8.84. The van der Waals surface area contributed by atoms with Crippen molar-refractivity contribution in [3.05, 3.63) is 70.8 Å². The summed E-state index contributed by atoms with van der Waals surface area (Å²) in [6.07, 6.45) is 2.28. The van der Waals surface area contributed by atoms with Crippen LogP contribution in [0.1, 0.15) is 30.0 Å². The number of carbonyl (C=O) groups is 1. The molecule has 0 fully saturated rings. The summed E-state index contributed by atoms with van der Waals surface area (Å²) in [6, 6.07) is 15.7. The lowest BCUT2D eigenvalue weighted by Gasteiger charge is -2.20. The zero-order valence-electron chi connectivity index (χ0n) is 16.4. The summed E-state index contributed by atoms with van der Waals surface area (Å²) in [5.74, 6) is 0.960. The second-order valence-electron chi connectivity index (χ2n) is 6.91. The number of carbonyl (C=O) groups excluding carboxylic acids is 1. The van der Waals surface area contributed by atoms with Gasteiger partial charge in [0.1, 0.15) is 11.5 Å². The molecule has 4 aromatic rings. The number of furan rings is 1. The lowest BCUT2D eigenvalue weighted by atomic mass is 10.1. The quantitative estimate of drug-likeness (QED) is 0.391. The molecule has 6 nitrogen and oxygen atoms in total. The number of hydrogen-bond acceptors (Lipinski definition) is 6. The van der Waals surface area contributed by atoms with E-state index in [-0.39, 0.29) is 17.7 Å². The number of aromatic nitrogens is 2. The van der Waals surface area contributed by atoms with E-state index in [1.54, 1.807) is 22.6 Å². The van der Waals surface area contributed by atoms with Gasteiger partial charge in [-0.3, -0.25) is 4.79 Å². The molecule has 0 N–H and O–H groups in total. The van der Waals surface area contributed by atoms with E-state index in [0.29, 0.717) is 12.2 Å². The number of thiophene rings is 1. The zero-order chi connectivity index (χ0) is 20.5. The van der Waals surface area contributed by atoms with Gasteiger partial charge in [0.05, 0.1) is 29.1 Å². The standard InChI is InChI=1S/C22H20N4O2S2/c1-2-25-17-8-4-3-7-15(17)23-22(25)30-14-21(27)26-18(20-10-6-12-29-20)13-16(24-26)19-9-5-11-28-19/h3-12,18H,2,13-14H2,1H3. The molecular weight excluding hydrogens is 416 g/mol. The monoisotopic (exact) mass is 436 g/mol. The van der Waals surface area contributed by atoms with Crippen molar-refractivity contribution in [3.8, 4) is 0 Å². The molecule has 4 heterocycles. The fourth-order valence-electron chi connectivity index (χ4n) is 3.70. The maximum absolute atomic E-state index is 13.2. The number of benzene rings is 1. The van der Waals surface area contributed by atoms with Crippen molar-refractivity contribution in [2.45, 2.75) is 31.1 Å². The molecule has 0 spiro atoms. The lowest BCUT2D eigenvalue weighted by Crippen LogP contribution is -2.28. The predicted octanol–water partition coefficient (Wildman–Crippen LogP) is 5.18. The first-order valence-electron chi connectivity index (χ1n) is 9.79. The minimum absolute atomic E-state index is 0.0327. The Hall–Kier alpha value is -2.84. The van der Waals surface area contributed by atoms with E-state index in [1.165, 1.54) is 11.8 Å². The summed E-state index contributed by atoms with van der Waals surface area (Å²) >= 11 is 3.10. The Morgan fingerprint density at radius 3 is 2.90 bits per heavy atom. The van der Waals surface area contributed by atoms with Crippen LogP contribution in [0.25, 0.3) is 11.0 Å². The van der Waals surface area contributed by atoms with Crippen LogP contribution < -0.4 is 0 Å². The van der Waals surface area contributed by atoms with Crippen LogP contribution in [0.15, 0.2) is 74.8 Å². The van der Waals surface area contributed by atoms with Gasteiger partial charge in [0.25, 0.3) is 5.91 Å². The molecule has 3 aromatic heterocycles. The first-order chi connectivity index (χ1) is 14.7. The molecule has 1 amide bonds. The van der Waals surface area contributed by atoms with Crippen LogP contribution in [0.4, 0.5) is 0 Å². The third-order valence-corrected chi connectivity index (χ3v) is 7.04. The van der Waals surface area contributed by atoms with Crippen molar-refractivity contribution >= 4 is 45.8 Å². The van der Waals surface area contributed by atoms with Crippen LogP contribution >= 0.6 is 23.1 Å². The van der Waals surface area contributed by atoms with Crippen molar-refractivity contribution < 1.29 is 9.21 Å². The predicted molar refractivity (Wildman–Crippen MR) is 120 cm³/mol. The number of imidazole rings is 1. The molecule has 30 heavy (non-hydrogen) atoms. The molecular formula is C22H20N4O2S2. The highest BCUT2D eigenvalue weighted by molar-refractivity contribution is 7.99. The van der Waals surface area contributed by atoms with Crippen LogP contribution in [-0.2, 0) is 11.3 Å². The SMILES string of the molecule is CCn1c(SCC(=O)N2N=C(c3ccco3)CC2c2cccs2)nc2ccccc21. The number of nitrogens with zero attached hydrogens (tertiary/aromatic N) is 4. The molecule has 8 heteroatoms. The molecule has 1 aromatic carbocycles. The van der Waals surface area contributed by atoms with Crippen molar-refractivity contribution in [2.75, 3.05) is 5.75 Å². The molecule has 1 aliphatic heterocycles. The lowest BCUT2D eigenvalue weighted by molar-refractivity contribution is -0.130. The minimum Gasteiger partial charge on any atom is -0.463 e. The van der Waals surface area contributed by atoms with Crippen molar-refractivity contribution in [3.63, 3.8) is 0 Å². The number of hydrazone groups is 1. The smallest absolute Gasteiger partial charge is 0.253 e. The van der Waals surface area contributed by atoms with Gasteiger partial charge in [-0.1, -0.05) is 30.0 Å². The topological polar surface area (TPSA) is 63.6 Å². The highest BCUT2D eigenvalue weighted by Gasteiger charge is 2.34. The third-order valence-electron chi connectivity index (χ3n) is 5.10. The van der Waals surface area contributed by atoms with Gasteiger partial charge < -0.3 is 8.98 Å². The van der Waals surface area contributed by atoms with Gasteiger partial charge in [-0.25, -0.2) is 9.99 Å². The molecule has 1 atom stereocenters.